The van der Waals surface area contributed by atoms with Crippen molar-refractivity contribution in [3.05, 3.63) is 70.0 Å². The number of rotatable bonds is 8. The second-order valence-corrected chi connectivity index (χ2v) is 8.83. The average Bonchev–Trinajstić information content (AvgIpc) is 3.51. The van der Waals surface area contributed by atoms with Crippen LogP contribution in [-0.2, 0) is 24.3 Å². The summed E-state index contributed by atoms with van der Waals surface area (Å²) in [5.74, 6) is 1.24. The Morgan fingerprint density at radius 1 is 1.09 bits per heavy atom. The third-order valence-electron chi connectivity index (χ3n) is 5.51. The highest BCUT2D eigenvalue weighted by molar-refractivity contribution is 7.12. The van der Waals surface area contributed by atoms with Crippen molar-refractivity contribution in [2.45, 2.75) is 25.9 Å². The van der Waals surface area contributed by atoms with E-state index in [-0.39, 0.29) is 11.8 Å². The van der Waals surface area contributed by atoms with Gasteiger partial charge in [-0.15, -0.1) is 11.3 Å². The summed E-state index contributed by atoms with van der Waals surface area (Å²) in [7, 11) is 1.80. The topological polar surface area (TPSA) is 82.8 Å². The molecule has 0 N–H and O–H groups in total. The van der Waals surface area contributed by atoms with E-state index in [0.29, 0.717) is 50.7 Å². The Morgan fingerprint density at radius 3 is 2.59 bits per heavy atom. The third-order valence-corrected chi connectivity index (χ3v) is 6.37. The maximum absolute atomic E-state index is 12.5. The zero-order chi connectivity index (χ0) is 22.3. The molecule has 9 heteroatoms. The van der Waals surface area contributed by atoms with E-state index >= 15 is 0 Å². The van der Waals surface area contributed by atoms with Gasteiger partial charge in [-0.1, -0.05) is 41.6 Å². The van der Waals surface area contributed by atoms with Gasteiger partial charge in [0.15, 0.2) is 5.82 Å². The lowest BCUT2D eigenvalue weighted by atomic mass is 10.2. The Morgan fingerprint density at radius 2 is 1.88 bits per heavy atom. The van der Waals surface area contributed by atoms with Crippen LogP contribution in [0.15, 0.2) is 52.4 Å². The molecule has 2 aromatic heterocycles. The Kier molecular flexibility index (Phi) is 7.28. The zero-order valence-corrected chi connectivity index (χ0v) is 19.0. The van der Waals surface area contributed by atoms with Crippen LogP contribution < -0.4 is 0 Å². The smallest absolute Gasteiger partial charge is 0.264 e. The molecule has 1 fully saturated rings. The zero-order valence-electron chi connectivity index (χ0n) is 18.1. The largest absolute Gasteiger partial charge is 0.341 e. The molecule has 3 heterocycles. The SMILES string of the molecule is CN(Cc1ccccc1)C(=O)CCc1nc(CN2CCN(C(=O)c3cccs3)CC2)no1. The molecule has 32 heavy (non-hydrogen) atoms. The first kappa shape index (κ1) is 22.2. The lowest BCUT2D eigenvalue weighted by molar-refractivity contribution is -0.130. The number of carbonyl (C=O) groups is 2. The molecule has 0 radical (unpaired) electrons. The molecule has 1 aliphatic rings. The molecule has 3 aromatic rings. The summed E-state index contributed by atoms with van der Waals surface area (Å²) in [5, 5.41) is 5.99. The Labute approximate surface area is 191 Å². The fourth-order valence-electron chi connectivity index (χ4n) is 3.67. The molecule has 1 saturated heterocycles. The molecule has 0 saturated carbocycles. The second kappa shape index (κ2) is 10.5. The highest BCUT2D eigenvalue weighted by Crippen LogP contribution is 2.15. The maximum Gasteiger partial charge on any atom is 0.264 e. The minimum atomic E-state index is 0.0418. The molecule has 0 spiro atoms. The van der Waals surface area contributed by atoms with Gasteiger partial charge in [-0.2, -0.15) is 4.98 Å². The molecule has 0 atom stereocenters. The maximum atomic E-state index is 12.5. The molecule has 8 nitrogen and oxygen atoms in total. The highest BCUT2D eigenvalue weighted by atomic mass is 32.1. The number of hydrogen-bond acceptors (Lipinski definition) is 7. The molecular formula is C23H27N5O3S. The molecule has 1 aliphatic heterocycles. The van der Waals surface area contributed by atoms with E-state index in [1.54, 1.807) is 11.9 Å². The van der Waals surface area contributed by atoms with E-state index < -0.39 is 0 Å². The van der Waals surface area contributed by atoms with Crippen LogP contribution in [0.3, 0.4) is 0 Å². The molecule has 0 unspecified atom stereocenters. The number of thiophene rings is 1. The Bertz CT molecular complexity index is 1010. The quantitative estimate of drug-likeness (QED) is 0.522. The van der Waals surface area contributed by atoms with Crippen LogP contribution in [-0.4, -0.2) is 69.9 Å². The summed E-state index contributed by atoms with van der Waals surface area (Å²) < 4.78 is 5.34. The van der Waals surface area contributed by atoms with Gasteiger partial charge in [0.05, 0.1) is 11.4 Å². The van der Waals surface area contributed by atoms with Crippen molar-refractivity contribution in [1.29, 1.82) is 0 Å². The third kappa shape index (κ3) is 5.80. The van der Waals surface area contributed by atoms with Crippen molar-refractivity contribution in [3.63, 3.8) is 0 Å². The molecule has 1 aromatic carbocycles. The molecule has 0 aliphatic carbocycles. The predicted molar refractivity (Wildman–Crippen MR) is 121 cm³/mol. The van der Waals surface area contributed by atoms with E-state index in [2.05, 4.69) is 15.0 Å². The minimum Gasteiger partial charge on any atom is -0.341 e. The summed E-state index contributed by atoms with van der Waals surface area (Å²) in [6.07, 6.45) is 0.753. The number of carbonyl (C=O) groups excluding carboxylic acids is 2. The van der Waals surface area contributed by atoms with Gasteiger partial charge in [0.1, 0.15) is 0 Å². The van der Waals surface area contributed by atoms with Crippen LogP contribution in [0.4, 0.5) is 0 Å². The van der Waals surface area contributed by atoms with Crippen LogP contribution in [0.1, 0.15) is 33.4 Å². The fourth-order valence-corrected chi connectivity index (χ4v) is 4.36. The first-order valence-corrected chi connectivity index (χ1v) is 11.6. The van der Waals surface area contributed by atoms with Gasteiger partial charge < -0.3 is 14.3 Å². The highest BCUT2D eigenvalue weighted by Gasteiger charge is 2.23. The van der Waals surface area contributed by atoms with Gasteiger partial charge in [-0.25, -0.2) is 0 Å². The average molecular weight is 454 g/mol. The molecular weight excluding hydrogens is 426 g/mol. The summed E-state index contributed by atoms with van der Waals surface area (Å²) in [6, 6.07) is 13.7. The van der Waals surface area contributed by atoms with E-state index in [1.165, 1.54) is 11.3 Å². The van der Waals surface area contributed by atoms with E-state index in [1.807, 2.05) is 52.7 Å². The van der Waals surface area contributed by atoms with Gasteiger partial charge >= 0.3 is 0 Å². The van der Waals surface area contributed by atoms with Crippen LogP contribution in [0, 0.1) is 0 Å². The van der Waals surface area contributed by atoms with Crippen LogP contribution in [0.5, 0.6) is 0 Å². The normalized spacial score (nSPS) is 14.5. The molecule has 168 valence electrons. The lowest BCUT2D eigenvalue weighted by Gasteiger charge is -2.33. The van der Waals surface area contributed by atoms with Crippen molar-refractivity contribution in [2.75, 3.05) is 33.2 Å². The standard InChI is InChI=1S/C23H27N5O3S/c1-26(16-18-6-3-2-4-7-18)22(29)10-9-21-24-20(25-31-21)17-27-11-13-28(14-12-27)23(30)19-8-5-15-32-19/h2-8,15H,9-14,16-17H2,1H3. The van der Waals surface area contributed by atoms with Crippen molar-refractivity contribution in [1.82, 2.24) is 24.8 Å². The summed E-state index contributed by atoms with van der Waals surface area (Å²) in [6.45, 7) is 4.06. The van der Waals surface area contributed by atoms with Crippen LogP contribution >= 0.6 is 11.3 Å². The van der Waals surface area contributed by atoms with E-state index in [0.717, 1.165) is 23.5 Å². The Balaban J connectivity index is 1.20. The van der Waals surface area contributed by atoms with Gasteiger partial charge in [0.2, 0.25) is 11.8 Å². The second-order valence-electron chi connectivity index (χ2n) is 7.89. The van der Waals surface area contributed by atoms with Gasteiger partial charge in [-0.05, 0) is 17.0 Å². The Hall–Kier alpha value is -3.04. The number of piperazine rings is 1. The molecule has 2 amide bonds. The summed E-state index contributed by atoms with van der Waals surface area (Å²) >= 11 is 1.48. The number of hydrogen-bond donors (Lipinski definition) is 0. The van der Waals surface area contributed by atoms with Gasteiger partial charge in [0, 0.05) is 52.6 Å². The van der Waals surface area contributed by atoms with E-state index in [9.17, 15) is 9.59 Å². The number of benzene rings is 1. The number of aromatic nitrogens is 2. The van der Waals surface area contributed by atoms with Crippen LogP contribution in [0.2, 0.25) is 0 Å². The number of aryl methyl sites for hydroxylation is 1. The van der Waals surface area contributed by atoms with Crippen molar-refractivity contribution >= 4 is 23.2 Å². The van der Waals surface area contributed by atoms with Crippen molar-refractivity contribution in [3.8, 4) is 0 Å². The minimum absolute atomic E-state index is 0.0418. The van der Waals surface area contributed by atoms with Gasteiger partial charge in [0.25, 0.3) is 5.91 Å². The molecule has 4 rings (SSSR count). The fraction of sp³-hybridized carbons (Fsp3) is 0.391. The van der Waals surface area contributed by atoms with Gasteiger partial charge in [-0.3, -0.25) is 14.5 Å². The summed E-state index contributed by atoms with van der Waals surface area (Å²) in [4.78, 5) is 35.9. The predicted octanol–water partition coefficient (Wildman–Crippen LogP) is 2.68. The number of nitrogens with zero attached hydrogens (tertiary/aromatic N) is 5. The van der Waals surface area contributed by atoms with E-state index in [4.69, 9.17) is 4.52 Å². The number of amides is 2. The first-order chi connectivity index (χ1) is 15.6. The van der Waals surface area contributed by atoms with Crippen molar-refractivity contribution < 1.29 is 14.1 Å². The van der Waals surface area contributed by atoms with Crippen LogP contribution in [0.25, 0.3) is 0 Å². The lowest BCUT2D eigenvalue weighted by Crippen LogP contribution is -2.48. The first-order valence-electron chi connectivity index (χ1n) is 10.7. The van der Waals surface area contributed by atoms with Crippen molar-refractivity contribution in [2.24, 2.45) is 0 Å². The summed E-state index contributed by atoms with van der Waals surface area (Å²) in [5.41, 5.74) is 1.10. The molecule has 0 bridgehead atoms. The monoisotopic (exact) mass is 453 g/mol.